The third-order valence-corrected chi connectivity index (χ3v) is 13.2. The summed E-state index contributed by atoms with van der Waals surface area (Å²) in [6.07, 6.45) is 0. The maximum absolute atomic E-state index is 7.31. The lowest BCUT2D eigenvalue weighted by atomic mass is 9.67. The van der Waals surface area contributed by atoms with Gasteiger partial charge in [0.2, 0.25) is 0 Å². The van der Waals surface area contributed by atoms with Gasteiger partial charge in [-0.3, -0.25) is 0 Å². The lowest BCUT2D eigenvalue weighted by Crippen LogP contribution is -2.28. The maximum Gasteiger partial charge on any atom is 0.144 e. The zero-order valence-corrected chi connectivity index (χ0v) is 32.9. The molecule has 12 aromatic rings. The van der Waals surface area contributed by atoms with E-state index in [4.69, 9.17) is 8.83 Å². The first-order chi connectivity index (χ1) is 29.7. The highest BCUT2D eigenvalue weighted by atomic mass is 16.3. The van der Waals surface area contributed by atoms with Gasteiger partial charge >= 0.3 is 0 Å². The average Bonchev–Trinajstić information content (AvgIpc) is 3.97. The van der Waals surface area contributed by atoms with Crippen LogP contribution in [0.5, 0.6) is 0 Å². The number of rotatable bonds is 4. The van der Waals surface area contributed by atoms with Crippen LogP contribution in [-0.4, -0.2) is 0 Å². The summed E-state index contributed by atoms with van der Waals surface area (Å²) in [6, 6.07) is 73.1. The smallest absolute Gasteiger partial charge is 0.144 e. The summed E-state index contributed by atoms with van der Waals surface area (Å²) in [7, 11) is 0. The van der Waals surface area contributed by atoms with Crippen molar-refractivity contribution in [3.8, 4) is 33.4 Å². The van der Waals surface area contributed by atoms with Crippen LogP contribution in [0.25, 0.3) is 98.8 Å². The summed E-state index contributed by atoms with van der Waals surface area (Å²) >= 11 is 0. The predicted molar refractivity (Wildman–Crippen MR) is 249 cm³/mol. The van der Waals surface area contributed by atoms with Gasteiger partial charge < -0.3 is 8.83 Å². The second kappa shape index (κ2) is 12.4. The molecule has 0 fully saturated rings. The van der Waals surface area contributed by atoms with Crippen molar-refractivity contribution in [3.05, 3.63) is 228 Å². The van der Waals surface area contributed by atoms with Crippen LogP contribution >= 0.6 is 0 Å². The van der Waals surface area contributed by atoms with E-state index < -0.39 is 5.41 Å². The van der Waals surface area contributed by atoms with E-state index in [1.807, 2.05) is 0 Å². The number of furan rings is 2. The molecule has 13 rings (SSSR count). The minimum Gasteiger partial charge on any atom is -0.456 e. The molecule has 0 saturated carbocycles. The Kier molecular flexibility index (Phi) is 6.89. The van der Waals surface area contributed by atoms with Crippen molar-refractivity contribution in [2.45, 2.75) is 12.3 Å². The van der Waals surface area contributed by atoms with Gasteiger partial charge in [-0.15, -0.1) is 0 Å². The molecule has 0 atom stereocenters. The van der Waals surface area contributed by atoms with Gasteiger partial charge in [0.05, 0.1) is 5.41 Å². The molecule has 0 radical (unpaired) electrons. The molecule has 0 saturated heterocycles. The Bertz CT molecular complexity index is 3600. The molecule has 2 aromatic heterocycles. The maximum atomic E-state index is 7.31. The van der Waals surface area contributed by atoms with E-state index in [1.54, 1.807) is 0 Å². The van der Waals surface area contributed by atoms with Gasteiger partial charge in [0, 0.05) is 32.7 Å². The largest absolute Gasteiger partial charge is 0.456 e. The summed E-state index contributed by atoms with van der Waals surface area (Å²) in [5.74, 6) is 0. The lowest BCUT2D eigenvalue weighted by Gasteiger charge is -2.34. The first-order valence-electron chi connectivity index (χ1n) is 20.8. The van der Waals surface area contributed by atoms with Crippen LogP contribution in [-0.2, 0) is 5.41 Å². The van der Waals surface area contributed by atoms with E-state index >= 15 is 0 Å². The highest BCUT2D eigenvalue weighted by molar-refractivity contribution is 6.29. The van der Waals surface area contributed by atoms with Gasteiger partial charge in [0.25, 0.3) is 0 Å². The van der Waals surface area contributed by atoms with Crippen LogP contribution in [0.15, 0.2) is 209 Å². The first kappa shape index (κ1) is 33.3. The Morgan fingerprint density at radius 2 is 0.850 bits per heavy atom. The van der Waals surface area contributed by atoms with E-state index in [2.05, 4.69) is 207 Å². The van der Waals surface area contributed by atoms with Crippen molar-refractivity contribution in [3.63, 3.8) is 0 Å². The first-order valence-corrected chi connectivity index (χ1v) is 20.8. The zero-order valence-electron chi connectivity index (χ0n) is 32.9. The van der Waals surface area contributed by atoms with Crippen molar-refractivity contribution in [1.29, 1.82) is 0 Å². The van der Waals surface area contributed by atoms with Crippen LogP contribution in [0.1, 0.15) is 27.8 Å². The molecule has 0 N–H and O–H groups in total. The standard InChI is InChI=1S/C58H36O2/c1-35-28-30-36(31-29-35)51-39-20-8-10-22-41(39)52(42-23-11-9-21-40(42)51)45-34-47-56(57-53(45)43-24-12-15-27-49(43)60-57)55-46(32-33-50-54(55)44-25-13-14-26-48(44)59-50)58(47,37-16-4-2-5-17-37)38-18-6-3-7-19-38/h2-34H,1H3. The average molecular weight is 765 g/mol. The Morgan fingerprint density at radius 1 is 0.350 bits per heavy atom. The van der Waals surface area contributed by atoms with Crippen LogP contribution in [0.4, 0.5) is 0 Å². The summed E-state index contributed by atoms with van der Waals surface area (Å²) in [4.78, 5) is 0. The van der Waals surface area contributed by atoms with Gasteiger partial charge in [0.1, 0.15) is 22.3 Å². The molecule has 0 bridgehead atoms. The third kappa shape index (κ3) is 4.37. The molecule has 60 heavy (non-hydrogen) atoms. The molecule has 0 unspecified atom stereocenters. The second-order valence-corrected chi connectivity index (χ2v) is 16.3. The Hall–Kier alpha value is -7.68. The second-order valence-electron chi connectivity index (χ2n) is 16.3. The third-order valence-electron chi connectivity index (χ3n) is 13.2. The summed E-state index contributed by atoms with van der Waals surface area (Å²) in [5, 5.41) is 9.31. The van der Waals surface area contributed by atoms with Crippen molar-refractivity contribution >= 4 is 65.4 Å². The topological polar surface area (TPSA) is 26.3 Å². The number of fused-ring (bicyclic) bond motifs is 13. The van der Waals surface area contributed by atoms with E-state index in [-0.39, 0.29) is 0 Å². The summed E-state index contributed by atoms with van der Waals surface area (Å²) < 4.78 is 14.0. The van der Waals surface area contributed by atoms with Crippen molar-refractivity contribution in [2.75, 3.05) is 0 Å². The number of hydrogen-bond acceptors (Lipinski definition) is 2. The van der Waals surface area contributed by atoms with E-state index in [1.165, 1.54) is 71.6 Å². The van der Waals surface area contributed by atoms with Crippen molar-refractivity contribution < 1.29 is 8.83 Å². The molecule has 1 aliphatic carbocycles. The molecule has 0 amide bonds. The minimum absolute atomic E-state index is 0.685. The Labute approximate surface area is 346 Å². The normalized spacial score (nSPS) is 13.2. The highest BCUT2D eigenvalue weighted by Crippen LogP contribution is 2.62. The predicted octanol–water partition coefficient (Wildman–Crippen LogP) is 15.8. The number of hydrogen-bond donors (Lipinski definition) is 0. The lowest BCUT2D eigenvalue weighted by molar-refractivity contribution is 0.668. The molecule has 10 aromatic carbocycles. The summed E-state index contributed by atoms with van der Waals surface area (Å²) in [6.45, 7) is 2.15. The Morgan fingerprint density at radius 3 is 1.45 bits per heavy atom. The molecule has 0 spiro atoms. The number of para-hydroxylation sites is 2. The molecular formula is C58H36O2. The van der Waals surface area contributed by atoms with Gasteiger partial charge in [-0.1, -0.05) is 181 Å². The van der Waals surface area contributed by atoms with Gasteiger partial charge in [-0.25, -0.2) is 0 Å². The minimum atomic E-state index is -0.685. The van der Waals surface area contributed by atoms with Gasteiger partial charge in [-0.05, 0) is 97.2 Å². The molecule has 0 aliphatic heterocycles. The van der Waals surface area contributed by atoms with Crippen molar-refractivity contribution in [2.24, 2.45) is 0 Å². The van der Waals surface area contributed by atoms with Crippen LogP contribution in [0, 0.1) is 6.92 Å². The van der Waals surface area contributed by atoms with Gasteiger partial charge in [0.15, 0.2) is 0 Å². The summed E-state index contributed by atoms with van der Waals surface area (Å²) in [5.41, 5.74) is 16.0. The number of aryl methyl sites for hydroxylation is 1. The Balaban J connectivity index is 1.29. The van der Waals surface area contributed by atoms with E-state index in [0.29, 0.717) is 0 Å². The number of benzene rings is 10. The van der Waals surface area contributed by atoms with Gasteiger partial charge in [-0.2, -0.15) is 0 Å². The molecule has 2 heterocycles. The fourth-order valence-electron chi connectivity index (χ4n) is 10.8. The quantitative estimate of drug-likeness (QED) is 0.167. The molecule has 1 aliphatic rings. The monoisotopic (exact) mass is 764 g/mol. The van der Waals surface area contributed by atoms with Crippen LogP contribution in [0.3, 0.4) is 0 Å². The SMILES string of the molecule is Cc1ccc(-c2c3ccccc3c(-c3cc4c(c5oc6ccccc6c35)-c3c(ccc5oc6ccccc6c35)C4(c3ccccc3)c3ccccc3)c3ccccc23)cc1. The van der Waals surface area contributed by atoms with Crippen molar-refractivity contribution in [1.82, 2.24) is 0 Å². The highest BCUT2D eigenvalue weighted by Gasteiger charge is 2.49. The fourth-order valence-corrected chi connectivity index (χ4v) is 10.8. The van der Waals surface area contributed by atoms with E-state index in [0.717, 1.165) is 55.0 Å². The van der Waals surface area contributed by atoms with Crippen LogP contribution < -0.4 is 0 Å². The fraction of sp³-hybridized carbons (Fsp3) is 0.0345. The van der Waals surface area contributed by atoms with E-state index in [9.17, 15) is 0 Å². The molecule has 2 nitrogen and oxygen atoms in total. The molecular weight excluding hydrogens is 729 g/mol. The zero-order chi connectivity index (χ0) is 39.5. The molecule has 2 heteroatoms. The van der Waals surface area contributed by atoms with Crippen LogP contribution in [0.2, 0.25) is 0 Å². The molecule has 280 valence electrons.